The Hall–Kier alpha value is -2.60. The molecular formula is C24H32N4O2. The molecule has 1 aromatic carbocycles. The second-order valence-electron chi connectivity index (χ2n) is 8.13. The highest BCUT2D eigenvalue weighted by Crippen LogP contribution is 2.31. The highest BCUT2D eigenvalue weighted by Gasteiger charge is 2.26. The van der Waals surface area contributed by atoms with E-state index in [9.17, 15) is 4.79 Å². The molecule has 2 aliphatic heterocycles. The Labute approximate surface area is 179 Å². The molecule has 1 atom stereocenters. The molecule has 0 aliphatic carbocycles. The van der Waals surface area contributed by atoms with Gasteiger partial charge >= 0.3 is 0 Å². The molecule has 1 N–H and O–H groups in total. The van der Waals surface area contributed by atoms with Crippen LogP contribution in [0.1, 0.15) is 54.1 Å². The normalized spacial score (nSPS) is 18.2. The van der Waals surface area contributed by atoms with Gasteiger partial charge in [0.2, 0.25) is 0 Å². The van der Waals surface area contributed by atoms with E-state index in [1.54, 1.807) is 13.3 Å². The van der Waals surface area contributed by atoms with Gasteiger partial charge in [0.05, 0.1) is 18.7 Å². The van der Waals surface area contributed by atoms with E-state index in [1.807, 2.05) is 30.3 Å². The minimum Gasteiger partial charge on any atom is -0.496 e. The van der Waals surface area contributed by atoms with E-state index in [-0.39, 0.29) is 11.9 Å². The average molecular weight is 409 g/mol. The van der Waals surface area contributed by atoms with E-state index in [4.69, 9.17) is 4.74 Å². The lowest BCUT2D eigenvalue weighted by Gasteiger charge is -2.35. The summed E-state index contributed by atoms with van der Waals surface area (Å²) in [6.07, 6.45) is 7.75. The number of rotatable bonds is 7. The minimum absolute atomic E-state index is 0.0538. The van der Waals surface area contributed by atoms with Crippen LogP contribution in [0.15, 0.2) is 42.6 Å². The molecule has 6 heteroatoms. The number of carbonyl (C=O) groups excluding carboxylic acids is 1. The Balaban J connectivity index is 1.53. The summed E-state index contributed by atoms with van der Waals surface area (Å²) in [6, 6.07) is 12.0. The number of likely N-dealkylation sites (tertiary alicyclic amines) is 1. The molecule has 2 aromatic rings. The first-order valence-corrected chi connectivity index (χ1v) is 11.1. The van der Waals surface area contributed by atoms with Crippen LogP contribution in [0, 0.1) is 0 Å². The van der Waals surface area contributed by atoms with Crippen molar-refractivity contribution < 1.29 is 9.53 Å². The number of hydrogen-bond acceptors (Lipinski definition) is 5. The van der Waals surface area contributed by atoms with Gasteiger partial charge < -0.3 is 15.0 Å². The Morgan fingerprint density at radius 3 is 2.53 bits per heavy atom. The predicted octanol–water partition coefficient (Wildman–Crippen LogP) is 3.65. The number of nitrogens with zero attached hydrogens (tertiary/aromatic N) is 3. The number of carbonyl (C=O) groups is 1. The Bertz CT molecular complexity index is 845. The maximum atomic E-state index is 13.2. The molecule has 1 unspecified atom stereocenters. The quantitative estimate of drug-likeness (QED) is 0.758. The summed E-state index contributed by atoms with van der Waals surface area (Å²) in [6.45, 7) is 4.58. The van der Waals surface area contributed by atoms with Gasteiger partial charge in [-0.2, -0.15) is 0 Å². The van der Waals surface area contributed by atoms with Crippen molar-refractivity contribution in [3.63, 3.8) is 0 Å². The largest absolute Gasteiger partial charge is 0.496 e. The molecule has 3 heterocycles. The van der Waals surface area contributed by atoms with Gasteiger partial charge in [0.15, 0.2) is 0 Å². The first kappa shape index (κ1) is 20.7. The molecule has 30 heavy (non-hydrogen) atoms. The van der Waals surface area contributed by atoms with Gasteiger partial charge in [0.25, 0.3) is 5.91 Å². The number of benzene rings is 1. The van der Waals surface area contributed by atoms with Crippen molar-refractivity contribution in [2.24, 2.45) is 0 Å². The Kier molecular flexibility index (Phi) is 6.84. The third-order valence-corrected chi connectivity index (χ3v) is 6.22. The number of hydrogen-bond donors (Lipinski definition) is 1. The lowest BCUT2D eigenvalue weighted by Crippen LogP contribution is -2.41. The SMILES string of the molecule is COc1ccccc1C(CNC(=O)c1cccnc1N1CCCC1)N1CCCCC1. The summed E-state index contributed by atoms with van der Waals surface area (Å²) in [7, 11) is 1.71. The average Bonchev–Trinajstić information content (AvgIpc) is 3.35. The van der Waals surface area contributed by atoms with Crippen molar-refractivity contribution in [1.29, 1.82) is 0 Å². The highest BCUT2D eigenvalue weighted by atomic mass is 16.5. The maximum Gasteiger partial charge on any atom is 0.255 e. The fourth-order valence-electron chi connectivity index (χ4n) is 4.65. The molecule has 160 valence electrons. The number of anilines is 1. The van der Waals surface area contributed by atoms with Crippen LogP contribution in [-0.2, 0) is 0 Å². The molecule has 1 aromatic heterocycles. The van der Waals surface area contributed by atoms with Crippen LogP contribution in [-0.4, -0.2) is 55.6 Å². The van der Waals surface area contributed by atoms with Crippen molar-refractivity contribution >= 4 is 11.7 Å². The predicted molar refractivity (Wildman–Crippen MR) is 119 cm³/mol. The first-order valence-electron chi connectivity index (χ1n) is 11.1. The van der Waals surface area contributed by atoms with Gasteiger partial charge in [-0.05, 0) is 57.0 Å². The molecular weight excluding hydrogens is 376 g/mol. The second kappa shape index (κ2) is 9.94. The third-order valence-electron chi connectivity index (χ3n) is 6.22. The summed E-state index contributed by atoms with van der Waals surface area (Å²) in [5.41, 5.74) is 1.80. The summed E-state index contributed by atoms with van der Waals surface area (Å²) >= 11 is 0. The molecule has 0 radical (unpaired) electrons. The summed E-state index contributed by atoms with van der Waals surface area (Å²) in [5, 5.41) is 3.21. The molecule has 6 nitrogen and oxygen atoms in total. The first-order chi connectivity index (χ1) is 14.8. The lowest BCUT2D eigenvalue weighted by molar-refractivity contribution is 0.0923. The molecule has 0 saturated carbocycles. The number of aromatic nitrogens is 1. The van der Waals surface area contributed by atoms with E-state index in [2.05, 4.69) is 26.2 Å². The van der Waals surface area contributed by atoms with E-state index >= 15 is 0 Å². The Morgan fingerprint density at radius 2 is 1.77 bits per heavy atom. The van der Waals surface area contributed by atoms with Crippen LogP contribution in [0.3, 0.4) is 0 Å². The van der Waals surface area contributed by atoms with Gasteiger partial charge in [-0.3, -0.25) is 9.69 Å². The Morgan fingerprint density at radius 1 is 1.03 bits per heavy atom. The number of pyridine rings is 1. The van der Waals surface area contributed by atoms with Crippen molar-refractivity contribution in [3.8, 4) is 5.75 Å². The van der Waals surface area contributed by atoms with E-state index < -0.39 is 0 Å². The fourth-order valence-corrected chi connectivity index (χ4v) is 4.65. The van der Waals surface area contributed by atoms with Crippen molar-refractivity contribution in [2.45, 2.75) is 38.1 Å². The zero-order chi connectivity index (χ0) is 20.8. The van der Waals surface area contributed by atoms with Crippen LogP contribution in [0.25, 0.3) is 0 Å². The van der Waals surface area contributed by atoms with Gasteiger partial charge in [-0.25, -0.2) is 4.98 Å². The molecule has 2 aliphatic rings. The van der Waals surface area contributed by atoms with Crippen LogP contribution in [0.2, 0.25) is 0 Å². The van der Waals surface area contributed by atoms with E-state index in [1.165, 1.54) is 19.3 Å². The third kappa shape index (κ3) is 4.59. The van der Waals surface area contributed by atoms with Crippen LogP contribution in [0.5, 0.6) is 5.75 Å². The summed E-state index contributed by atoms with van der Waals surface area (Å²) in [4.78, 5) is 22.4. The van der Waals surface area contributed by atoms with Crippen LogP contribution >= 0.6 is 0 Å². The highest BCUT2D eigenvalue weighted by molar-refractivity contribution is 5.98. The maximum absolute atomic E-state index is 13.2. The number of methoxy groups -OCH3 is 1. The lowest BCUT2D eigenvalue weighted by atomic mass is 10.0. The zero-order valence-corrected chi connectivity index (χ0v) is 17.8. The monoisotopic (exact) mass is 408 g/mol. The number of para-hydroxylation sites is 1. The number of amides is 1. The molecule has 2 fully saturated rings. The molecule has 4 rings (SSSR count). The van der Waals surface area contributed by atoms with Gasteiger partial charge in [0, 0.05) is 31.4 Å². The van der Waals surface area contributed by atoms with E-state index in [0.717, 1.165) is 56.2 Å². The van der Waals surface area contributed by atoms with Crippen LogP contribution in [0.4, 0.5) is 5.82 Å². The van der Waals surface area contributed by atoms with Crippen LogP contribution < -0.4 is 15.0 Å². The minimum atomic E-state index is -0.0538. The van der Waals surface area contributed by atoms with Gasteiger partial charge in [0.1, 0.15) is 11.6 Å². The van der Waals surface area contributed by atoms with Gasteiger partial charge in [-0.1, -0.05) is 24.6 Å². The van der Waals surface area contributed by atoms with Crippen molar-refractivity contribution in [3.05, 3.63) is 53.7 Å². The number of nitrogens with one attached hydrogen (secondary N) is 1. The fraction of sp³-hybridized carbons (Fsp3) is 0.500. The smallest absolute Gasteiger partial charge is 0.255 e. The summed E-state index contributed by atoms with van der Waals surface area (Å²) < 4.78 is 5.64. The topological polar surface area (TPSA) is 57.7 Å². The second-order valence-corrected chi connectivity index (χ2v) is 8.13. The van der Waals surface area contributed by atoms with E-state index in [0.29, 0.717) is 12.1 Å². The zero-order valence-electron chi connectivity index (χ0n) is 17.8. The van der Waals surface area contributed by atoms with Crippen molar-refractivity contribution in [1.82, 2.24) is 15.2 Å². The molecule has 1 amide bonds. The molecule has 0 bridgehead atoms. The van der Waals surface area contributed by atoms with Crippen molar-refractivity contribution in [2.75, 3.05) is 44.7 Å². The number of piperidine rings is 1. The molecule has 2 saturated heterocycles. The van der Waals surface area contributed by atoms with Gasteiger partial charge in [-0.15, -0.1) is 0 Å². The molecule has 0 spiro atoms. The number of ether oxygens (including phenoxy) is 1. The summed E-state index contributed by atoms with van der Waals surface area (Å²) in [5.74, 6) is 1.63. The standard InChI is InChI=1S/C24H32N4O2/c1-30-22-12-4-3-10-19(22)21(27-14-5-2-6-15-27)18-26-24(29)20-11-9-13-25-23(20)28-16-7-8-17-28/h3-4,9-13,21H,2,5-8,14-18H2,1H3,(H,26,29).